The van der Waals surface area contributed by atoms with Crippen molar-refractivity contribution < 1.29 is 4.39 Å². The van der Waals surface area contributed by atoms with Crippen molar-refractivity contribution in [2.75, 3.05) is 10.6 Å². The number of hydrogen-bond donors (Lipinski definition) is 2. The van der Waals surface area contributed by atoms with E-state index in [-0.39, 0.29) is 11.8 Å². The van der Waals surface area contributed by atoms with Gasteiger partial charge in [0.25, 0.3) is 0 Å². The van der Waals surface area contributed by atoms with Crippen LogP contribution in [0.1, 0.15) is 0 Å². The van der Waals surface area contributed by atoms with E-state index < -0.39 is 0 Å². The number of nitrogens with one attached hydrogen (secondary N) is 2. The number of aromatic nitrogens is 3. The minimum absolute atomic E-state index is 0.251. The normalized spacial score (nSPS) is 10.4. The van der Waals surface area contributed by atoms with Gasteiger partial charge >= 0.3 is 0 Å². The molecular formula is C15H10Cl2FN5. The fourth-order valence-corrected chi connectivity index (χ4v) is 2.15. The standard InChI is InChI=1S/C15H10Cl2FN5/c16-9-1-6-12(17)13(7-9)21-15-22-14(8-19-23-15)20-11-4-2-10(18)3-5-11/h1-8H,(H2,20,21,22,23). The van der Waals surface area contributed by atoms with Crippen LogP contribution < -0.4 is 10.6 Å². The molecule has 0 unspecified atom stereocenters. The quantitative estimate of drug-likeness (QED) is 0.707. The number of hydrogen-bond acceptors (Lipinski definition) is 5. The van der Waals surface area contributed by atoms with Gasteiger partial charge in [-0.1, -0.05) is 23.2 Å². The van der Waals surface area contributed by atoms with Gasteiger partial charge in [-0.25, -0.2) is 4.39 Å². The van der Waals surface area contributed by atoms with Gasteiger partial charge in [-0.3, -0.25) is 0 Å². The summed E-state index contributed by atoms with van der Waals surface area (Å²) in [5.74, 6) is 0.392. The SMILES string of the molecule is Fc1ccc(Nc2cnnc(Nc3cc(Cl)ccc3Cl)n2)cc1. The molecule has 1 heterocycles. The Hall–Kier alpha value is -2.44. The summed E-state index contributed by atoms with van der Waals surface area (Å²) in [4.78, 5) is 4.27. The Balaban J connectivity index is 1.79. The van der Waals surface area contributed by atoms with Crippen molar-refractivity contribution in [1.82, 2.24) is 15.2 Å². The van der Waals surface area contributed by atoms with Crippen LogP contribution in [0.15, 0.2) is 48.7 Å². The maximum Gasteiger partial charge on any atom is 0.249 e. The summed E-state index contributed by atoms with van der Waals surface area (Å²) in [5, 5.41) is 14.7. The third kappa shape index (κ3) is 4.06. The maximum atomic E-state index is 12.9. The molecular weight excluding hydrogens is 340 g/mol. The molecule has 0 aliphatic heterocycles. The van der Waals surface area contributed by atoms with Crippen LogP contribution in [0.3, 0.4) is 0 Å². The van der Waals surface area contributed by atoms with Crippen LogP contribution in [0, 0.1) is 5.82 Å². The predicted molar refractivity (Wildman–Crippen MR) is 89.3 cm³/mol. The molecule has 0 aliphatic carbocycles. The Kier molecular flexibility index (Phi) is 4.55. The van der Waals surface area contributed by atoms with Gasteiger partial charge in [-0.2, -0.15) is 10.1 Å². The van der Waals surface area contributed by atoms with E-state index in [9.17, 15) is 4.39 Å². The first kappa shape index (κ1) is 15.5. The lowest BCUT2D eigenvalue weighted by Gasteiger charge is -2.09. The van der Waals surface area contributed by atoms with Crippen LogP contribution in [0.5, 0.6) is 0 Å². The van der Waals surface area contributed by atoms with E-state index in [1.807, 2.05) is 0 Å². The molecule has 0 fully saturated rings. The largest absolute Gasteiger partial charge is 0.339 e. The zero-order valence-corrected chi connectivity index (χ0v) is 13.1. The molecule has 23 heavy (non-hydrogen) atoms. The van der Waals surface area contributed by atoms with E-state index >= 15 is 0 Å². The second-order valence-electron chi connectivity index (χ2n) is 4.55. The molecule has 2 N–H and O–H groups in total. The molecule has 2 aromatic carbocycles. The van der Waals surface area contributed by atoms with Gasteiger partial charge in [0.1, 0.15) is 5.82 Å². The van der Waals surface area contributed by atoms with Gasteiger partial charge in [0, 0.05) is 10.7 Å². The van der Waals surface area contributed by atoms with Crippen molar-refractivity contribution in [3.05, 3.63) is 64.5 Å². The zero-order valence-electron chi connectivity index (χ0n) is 11.6. The Morgan fingerprint density at radius 2 is 1.74 bits per heavy atom. The monoisotopic (exact) mass is 349 g/mol. The highest BCUT2D eigenvalue weighted by Gasteiger charge is 2.06. The first-order chi connectivity index (χ1) is 11.1. The van der Waals surface area contributed by atoms with E-state index in [0.717, 1.165) is 0 Å². The smallest absolute Gasteiger partial charge is 0.249 e. The van der Waals surface area contributed by atoms with Gasteiger partial charge in [0.05, 0.1) is 16.9 Å². The predicted octanol–water partition coefficient (Wildman–Crippen LogP) is 4.80. The van der Waals surface area contributed by atoms with Crippen molar-refractivity contribution in [1.29, 1.82) is 0 Å². The van der Waals surface area contributed by atoms with E-state index in [2.05, 4.69) is 25.8 Å². The molecule has 0 spiro atoms. The lowest BCUT2D eigenvalue weighted by atomic mass is 10.3. The van der Waals surface area contributed by atoms with Gasteiger partial charge in [0.15, 0.2) is 5.82 Å². The summed E-state index contributed by atoms with van der Waals surface area (Å²) in [6.07, 6.45) is 1.45. The molecule has 0 saturated carbocycles. The lowest BCUT2D eigenvalue weighted by molar-refractivity contribution is 0.628. The molecule has 3 rings (SSSR count). The van der Waals surface area contributed by atoms with Crippen molar-refractivity contribution in [3.63, 3.8) is 0 Å². The number of halogens is 3. The molecule has 0 bridgehead atoms. The molecule has 0 atom stereocenters. The highest BCUT2D eigenvalue weighted by atomic mass is 35.5. The maximum absolute atomic E-state index is 12.9. The van der Waals surface area contributed by atoms with Crippen LogP contribution in [0.2, 0.25) is 10.0 Å². The Labute approximate surface area is 141 Å². The van der Waals surface area contributed by atoms with E-state index in [4.69, 9.17) is 23.2 Å². The van der Waals surface area contributed by atoms with Crippen molar-refractivity contribution in [3.8, 4) is 0 Å². The minimum atomic E-state index is -0.311. The molecule has 0 radical (unpaired) electrons. The van der Waals surface area contributed by atoms with Gasteiger partial charge in [-0.15, -0.1) is 5.10 Å². The second kappa shape index (κ2) is 6.76. The molecule has 0 saturated heterocycles. The first-order valence-corrected chi connectivity index (χ1v) is 7.30. The molecule has 5 nitrogen and oxygen atoms in total. The fourth-order valence-electron chi connectivity index (χ4n) is 1.81. The van der Waals surface area contributed by atoms with Gasteiger partial charge < -0.3 is 10.6 Å². The first-order valence-electron chi connectivity index (χ1n) is 6.54. The number of rotatable bonds is 4. The second-order valence-corrected chi connectivity index (χ2v) is 5.39. The molecule has 1 aromatic heterocycles. The highest BCUT2D eigenvalue weighted by Crippen LogP contribution is 2.27. The molecule has 0 aliphatic rings. The third-order valence-corrected chi connectivity index (χ3v) is 3.42. The van der Waals surface area contributed by atoms with Crippen molar-refractivity contribution in [2.45, 2.75) is 0 Å². The topological polar surface area (TPSA) is 62.7 Å². The van der Waals surface area contributed by atoms with E-state index in [0.29, 0.717) is 27.2 Å². The molecule has 0 amide bonds. The summed E-state index contributed by atoms with van der Waals surface area (Å²) in [6, 6.07) is 10.9. The zero-order chi connectivity index (χ0) is 16.2. The average Bonchev–Trinajstić information content (AvgIpc) is 2.54. The van der Waals surface area contributed by atoms with Crippen LogP contribution in [0.25, 0.3) is 0 Å². The summed E-state index contributed by atoms with van der Waals surface area (Å²) in [6.45, 7) is 0. The summed E-state index contributed by atoms with van der Waals surface area (Å²) in [7, 11) is 0. The Morgan fingerprint density at radius 3 is 2.52 bits per heavy atom. The molecule has 8 heteroatoms. The fraction of sp³-hybridized carbons (Fsp3) is 0. The number of anilines is 4. The summed E-state index contributed by atoms with van der Waals surface area (Å²) in [5.41, 5.74) is 1.25. The Bertz CT molecular complexity index is 826. The van der Waals surface area contributed by atoms with Gasteiger partial charge in [0.2, 0.25) is 5.95 Å². The molecule has 3 aromatic rings. The van der Waals surface area contributed by atoms with Gasteiger partial charge in [-0.05, 0) is 42.5 Å². The number of benzene rings is 2. The Morgan fingerprint density at radius 1 is 0.957 bits per heavy atom. The lowest BCUT2D eigenvalue weighted by Crippen LogP contribution is -2.02. The van der Waals surface area contributed by atoms with Crippen LogP contribution in [0.4, 0.5) is 27.5 Å². The van der Waals surface area contributed by atoms with Crippen LogP contribution in [-0.4, -0.2) is 15.2 Å². The third-order valence-electron chi connectivity index (χ3n) is 2.85. The number of nitrogens with zero attached hydrogens (tertiary/aromatic N) is 3. The minimum Gasteiger partial charge on any atom is -0.339 e. The highest BCUT2D eigenvalue weighted by molar-refractivity contribution is 6.35. The van der Waals surface area contributed by atoms with Crippen LogP contribution in [-0.2, 0) is 0 Å². The summed E-state index contributed by atoms with van der Waals surface area (Å²) < 4.78 is 12.9. The van der Waals surface area contributed by atoms with Crippen molar-refractivity contribution >= 4 is 46.3 Å². The van der Waals surface area contributed by atoms with Crippen molar-refractivity contribution in [2.24, 2.45) is 0 Å². The van der Waals surface area contributed by atoms with Crippen LogP contribution >= 0.6 is 23.2 Å². The summed E-state index contributed by atoms with van der Waals surface area (Å²) >= 11 is 12.0. The molecule has 116 valence electrons. The average molecular weight is 350 g/mol. The van der Waals surface area contributed by atoms with E-state index in [1.165, 1.54) is 18.3 Å². The van der Waals surface area contributed by atoms with E-state index in [1.54, 1.807) is 30.3 Å².